The summed E-state index contributed by atoms with van der Waals surface area (Å²) < 4.78 is 5.26. The van der Waals surface area contributed by atoms with Crippen molar-refractivity contribution in [3.63, 3.8) is 0 Å². The third-order valence-corrected chi connectivity index (χ3v) is 4.50. The van der Waals surface area contributed by atoms with Gasteiger partial charge in [-0.2, -0.15) is 0 Å². The third-order valence-electron chi connectivity index (χ3n) is 4.50. The quantitative estimate of drug-likeness (QED) is 0.345. The number of carbonyl (C=O) groups excluding carboxylic acids is 2. The van der Waals surface area contributed by atoms with Gasteiger partial charge in [0.2, 0.25) is 5.91 Å². The monoisotopic (exact) mass is 391 g/mol. The normalized spacial score (nSPS) is 11.6. The molecule has 0 spiro atoms. The first-order valence-corrected chi connectivity index (χ1v) is 10.2. The van der Waals surface area contributed by atoms with E-state index in [1.165, 1.54) is 25.7 Å². The van der Waals surface area contributed by atoms with Crippen LogP contribution in [0.15, 0.2) is 30.3 Å². The van der Waals surface area contributed by atoms with Crippen LogP contribution in [-0.2, 0) is 25.7 Å². The van der Waals surface area contributed by atoms with Gasteiger partial charge < -0.3 is 15.2 Å². The fraction of sp³-hybridized carbons (Fsp3) is 0.591. The second-order valence-corrected chi connectivity index (χ2v) is 7.02. The summed E-state index contributed by atoms with van der Waals surface area (Å²) in [5, 5.41) is 11.5. The Kier molecular flexibility index (Phi) is 12.4. The van der Waals surface area contributed by atoms with Crippen LogP contribution in [0, 0.1) is 0 Å². The van der Waals surface area contributed by atoms with E-state index >= 15 is 0 Å². The number of nitrogens with one attached hydrogen (secondary N) is 1. The van der Waals surface area contributed by atoms with Crippen LogP contribution in [0.3, 0.4) is 0 Å². The van der Waals surface area contributed by atoms with Gasteiger partial charge >= 0.3 is 11.9 Å². The van der Waals surface area contributed by atoms with E-state index in [2.05, 4.69) is 12.2 Å². The van der Waals surface area contributed by atoms with E-state index < -0.39 is 18.0 Å². The van der Waals surface area contributed by atoms with E-state index in [0.717, 1.165) is 24.8 Å². The SMILES string of the molecule is CCCCCCCCCC(=O)NC(CCC(=O)O)C(=O)OCc1ccccc1. The van der Waals surface area contributed by atoms with Crippen molar-refractivity contribution >= 4 is 17.8 Å². The second-order valence-electron chi connectivity index (χ2n) is 7.02. The van der Waals surface area contributed by atoms with Crippen LogP contribution >= 0.6 is 0 Å². The average Bonchev–Trinajstić information content (AvgIpc) is 2.69. The second kappa shape index (κ2) is 14.7. The molecule has 0 bridgehead atoms. The van der Waals surface area contributed by atoms with Crippen molar-refractivity contribution in [2.45, 2.75) is 83.8 Å². The lowest BCUT2D eigenvalue weighted by Gasteiger charge is -2.17. The van der Waals surface area contributed by atoms with Gasteiger partial charge in [0, 0.05) is 12.8 Å². The van der Waals surface area contributed by atoms with Gasteiger partial charge in [0.05, 0.1) is 0 Å². The molecular formula is C22H33NO5. The maximum absolute atomic E-state index is 12.3. The molecule has 1 rings (SSSR count). The highest BCUT2D eigenvalue weighted by molar-refractivity contribution is 5.84. The van der Waals surface area contributed by atoms with E-state index in [-0.39, 0.29) is 25.4 Å². The molecule has 0 heterocycles. The molecule has 1 unspecified atom stereocenters. The van der Waals surface area contributed by atoms with Gasteiger partial charge in [0.25, 0.3) is 0 Å². The van der Waals surface area contributed by atoms with E-state index in [4.69, 9.17) is 9.84 Å². The summed E-state index contributed by atoms with van der Waals surface area (Å²) in [6, 6.07) is 8.28. The summed E-state index contributed by atoms with van der Waals surface area (Å²) in [6.45, 7) is 2.27. The molecule has 6 nitrogen and oxygen atoms in total. The summed E-state index contributed by atoms with van der Waals surface area (Å²) in [7, 11) is 0. The standard InChI is InChI=1S/C22H33NO5/c1-2-3-4-5-6-7-11-14-20(24)23-19(15-16-21(25)26)22(27)28-17-18-12-9-8-10-13-18/h8-10,12-13,19H,2-7,11,14-17H2,1H3,(H,23,24)(H,25,26). The first-order chi connectivity index (χ1) is 13.5. The van der Waals surface area contributed by atoms with Crippen LogP contribution in [0.5, 0.6) is 0 Å². The molecule has 1 atom stereocenters. The molecule has 0 fully saturated rings. The molecule has 156 valence electrons. The molecule has 1 amide bonds. The van der Waals surface area contributed by atoms with Gasteiger partial charge in [-0.25, -0.2) is 4.79 Å². The van der Waals surface area contributed by atoms with Crippen molar-refractivity contribution in [1.82, 2.24) is 5.32 Å². The van der Waals surface area contributed by atoms with Crippen LogP contribution < -0.4 is 5.32 Å². The Labute approximate surface area is 167 Å². The zero-order valence-corrected chi connectivity index (χ0v) is 16.8. The van der Waals surface area contributed by atoms with Crippen LogP contribution in [0.25, 0.3) is 0 Å². The number of hydrogen-bond acceptors (Lipinski definition) is 4. The number of ether oxygens (including phenoxy) is 1. The minimum Gasteiger partial charge on any atom is -0.481 e. The number of esters is 1. The number of carboxylic acid groups (broad SMARTS) is 1. The molecule has 28 heavy (non-hydrogen) atoms. The number of amides is 1. The molecule has 0 saturated carbocycles. The highest BCUT2D eigenvalue weighted by atomic mass is 16.5. The predicted molar refractivity (Wildman–Crippen MR) is 108 cm³/mol. The van der Waals surface area contributed by atoms with Crippen molar-refractivity contribution in [2.75, 3.05) is 0 Å². The summed E-state index contributed by atoms with van der Waals surface area (Å²) >= 11 is 0. The Morgan fingerprint density at radius 3 is 2.25 bits per heavy atom. The Morgan fingerprint density at radius 2 is 1.61 bits per heavy atom. The summed E-state index contributed by atoms with van der Waals surface area (Å²) in [4.78, 5) is 35.3. The maximum atomic E-state index is 12.3. The lowest BCUT2D eigenvalue weighted by Crippen LogP contribution is -2.42. The molecule has 2 N–H and O–H groups in total. The number of rotatable bonds is 15. The minimum absolute atomic E-state index is 0.0196. The molecule has 0 saturated heterocycles. The van der Waals surface area contributed by atoms with Gasteiger partial charge in [-0.15, -0.1) is 0 Å². The fourth-order valence-electron chi connectivity index (χ4n) is 2.86. The molecule has 1 aromatic carbocycles. The van der Waals surface area contributed by atoms with Gasteiger partial charge in [0.15, 0.2) is 0 Å². The zero-order chi connectivity index (χ0) is 20.6. The predicted octanol–water partition coefficient (Wildman–Crippen LogP) is 4.22. The molecule has 0 aromatic heterocycles. The minimum atomic E-state index is -1.01. The van der Waals surface area contributed by atoms with Crippen molar-refractivity contribution in [2.24, 2.45) is 0 Å². The molecule has 0 aliphatic carbocycles. The van der Waals surface area contributed by atoms with Crippen LogP contribution in [0.2, 0.25) is 0 Å². The van der Waals surface area contributed by atoms with Crippen LogP contribution in [0.1, 0.15) is 76.7 Å². The molecule has 0 radical (unpaired) electrons. The van der Waals surface area contributed by atoms with Gasteiger partial charge in [0.1, 0.15) is 12.6 Å². The van der Waals surface area contributed by atoms with Gasteiger partial charge in [-0.3, -0.25) is 9.59 Å². The number of carbonyl (C=O) groups is 3. The highest BCUT2D eigenvalue weighted by Crippen LogP contribution is 2.09. The van der Waals surface area contributed by atoms with E-state index in [0.29, 0.717) is 6.42 Å². The average molecular weight is 392 g/mol. The van der Waals surface area contributed by atoms with E-state index in [1.807, 2.05) is 30.3 Å². The molecular weight excluding hydrogens is 358 g/mol. The van der Waals surface area contributed by atoms with Gasteiger partial charge in [-0.1, -0.05) is 75.8 Å². The molecule has 1 aromatic rings. The first kappa shape index (κ1) is 23.7. The summed E-state index contributed by atoms with van der Waals surface area (Å²) in [6.07, 6.45) is 7.87. The fourth-order valence-corrected chi connectivity index (χ4v) is 2.86. The van der Waals surface area contributed by atoms with E-state index in [1.54, 1.807) is 0 Å². The largest absolute Gasteiger partial charge is 0.481 e. The lowest BCUT2D eigenvalue weighted by molar-refractivity contribution is -0.149. The zero-order valence-electron chi connectivity index (χ0n) is 16.8. The van der Waals surface area contributed by atoms with Crippen molar-refractivity contribution < 1.29 is 24.2 Å². The number of unbranched alkanes of at least 4 members (excludes halogenated alkanes) is 6. The first-order valence-electron chi connectivity index (χ1n) is 10.2. The highest BCUT2D eigenvalue weighted by Gasteiger charge is 2.23. The lowest BCUT2D eigenvalue weighted by atomic mass is 10.1. The van der Waals surface area contributed by atoms with Crippen molar-refractivity contribution in [1.29, 1.82) is 0 Å². The molecule has 0 aliphatic rings. The van der Waals surface area contributed by atoms with Gasteiger partial charge in [-0.05, 0) is 18.4 Å². The Bertz CT molecular complexity index is 588. The number of aliphatic carboxylic acids is 1. The number of benzene rings is 1. The third kappa shape index (κ3) is 11.4. The number of carboxylic acids is 1. The van der Waals surface area contributed by atoms with Crippen LogP contribution in [-0.4, -0.2) is 29.0 Å². The Balaban J connectivity index is 2.39. The van der Waals surface area contributed by atoms with E-state index in [9.17, 15) is 14.4 Å². The topological polar surface area (TPSA) is 92.7 Å². The molecule has 0 aliphatic heterocycles. The van der Waals surface area contributed by atoms with Crippen molar-refractivity contribution in [3.8, 4) is 0 Å². The Hall–Kier alpha value is -2.37. The Morgan fingerprint density at radius 1 is 0.964 bits per heavy atom. The summed E-state index contributed by atoms with van der Waals surface area (Å²) in [5.74, 6) is -1.85. The van der Waals surface area contributed by atoms with Crippen LogP contribution in [0.4, 0.5) is 0 Å². The molecule has 6 heteroatoms. The maximum Gasteiger partial charge on any atom is 0.328 e. The van der Waals surface area contributed by atoms with Crippen molar-refractivity contribution in [3.05, 3.63) is 35.9 Å². The summed E-state index contributed by atoms with van der Waals surface area (Å²) in [5.41, 5.74) is 0.835. The smallest absolute Gasteiger partial charge is 0.328 e. The number of hydrogen-bond donors (Lipinski definition) is 2.